The van der Waals surface area contributed by atoms with Crippen LogP contribution in [0.4, 0.5) is 0 Å². The third-order valence-corrected chi connectivity index (χ3v) is 3.13. The highest BCUT2D eigenvalue weighted by Gasteiger charge is 2.00. The van der Waals surface area contributed by atoms with Crippen LogP contribution in [0.1, 0.15) is 16.8 Å². The van der Waals surface area contributed by atoms with Crippen LogP contribution in [0.25, 0.3) is 0 Å². The molecule has 0 aliphatic rings. The summed E-state index contributed by atoms with van der Waals surface area (Å²) in [4.78, 5) is 7.03. The standard InChI is InChI=1S/C12H14BrN3/c1-9-2-3-10(12(13)4-9)5-14-6-11-7-15-8-16-11/h2-4,7-8,14H,5-6H2,1H3,(H,15,16). The maximum atomic E-state index is 3.97. The number of nitrogens with one attached hydrogen (secondary N) is 2. The topological polar surface area (TPSA) is 40.7 Å². The second-order valence-electron chi connectivity index (χ2n) is 3.78. The molecule has 0 unspecified atom stereocenters. The SMILES string of the molecule is Cc1ccc(CNCc2cnc[nH]2)c(Br)c1. The van der Waals surface area contributed by atoms with Crippen LogP contribution in [0.15, 0.2) is 35.2 Å². The third kappa shape index (κ3) is 2.93. The Balaban J connectivity index is 1.90. The molecular weight excluding hydrogens is 266 g/mol. The summed E-state index contributed by atoms with van der Waals surface area (Å²) in [6, 6.07) is 6.39. The van der Waals surface area contributed by atoms with Gasteiger partial charge in [-0.15, -0.1) is 0 Å². The van der Waals surface area contributed by atoms with Gasteiger partial charge < -0.3 is 10.3 Å². The number of nitrogens with zero attached hydrogens (tertiary/aromatic N) is 1. The first-order chi connectivity index (χ1) is 7.75. The normalized spacial score (nSPS) is 10.6. The molecule has 0 atom stereocenters. The van der Waals surface area contributed by atoms with E-state index in [0.29, 0.717) is 0 Å². The van der Waals surface area contributed by atoms with E-state index in [9.17, 15) is 0 Å². The molecule has 84 valence electrons. The van der Waals surface area contributed by atoms with Gasteiger partial charge in [0.15, 0.2) is 0 Å². The quantitative estimate of drug-likeness (QED) is 0.904. The van der Waals surface area contributed by atoms with Crippen molar-refractivity contribution in [2.75, 3.05) is 0 Å². The van der Waals surface area contributed by atoms with E-state index in [2.05, 4.69) is 56.3 Å². The van der Waals surface area contributed by atoms with Crippen LogP contribution in [-0.4, -0.2) is 9.97 Å². The Morgan fingerprint density at radius 2 is 2.25 bits per heavy atom. The molecule has 0 aliphatic heterocycles. The molecule has 3 nitrogen and oxygen atoms in total. The van der Waals surface area contributed by atoms with Crippen molar-refractivity contribution in [3.8, 4) is 0 Å². The summed E-state index contributed by atoms with van der Waals surface area (Å²) < 4.78 is 1.16. The minimum Gasteiger partial charge on any atom is -0.347 e. The van der Waals surface area contributed by atoms with Gasteiger partial charge in [-0.3, -0.25) is 0 Å². The average molecular weight is 280 g/mol. The summed E-state index contributed by atoms with van der Waals surface area (Å²) >= 11 is 3.57. The first-order valence-corrected chi connectivity index (χ1v) is 5.98. The zero-order chi connectivity index (χ0) is 11.4. The fourth-order valence-electron chi connectivity index (χ4n) is 1.51. The molecular formula is C12H14BrN3. The van der Waals surface area contributed by atoms with Crippen molar-refractivity contribution in [3.05, 3.63) is 52.0 Å². The van der Waals surface area contributed by atoms with Crippen LogP contribution in [-0.2, 0) is 13.1 Å². The molecule has 2 aromatic rings. The van der Waals surface area contributed by atoms with Gasteiger partial charge in [-0.05, 0) is 24.1 Å². The van der Waals surface area contributed by atoms with Crippen molar-refractivity contribution < 1.29 is 0 Å². The van der Waals surface area contributed by atoms with Crippen LogP contribution in [0, 0.1) is 6.92 Å². The predicted molar refractivity (Wildman–Crippen MR) is 68.0 cm³/mol. The Labute approximate surface area is 103 Å². The van der Waals surface area contributed by atoms with Gasteiger partial charge in [-0.25, -0.2) is 4.98 Å². The van der Waals surface area contributed by atoms with Crippen LogP contribution in [0.5, 0.6) is 0 Å². The van der Waals surface area contributed by atoms with E-state index >= 15 is 0 Å². The van der Waals surface area contributed by atoms with Crippen molar-refractivity contribution in [1.29, 1.82) is 0 Å². The number of hydrogen-bond donors (Lipinski definition) is 2. The minimum absolute atomic E-state index is 0.806. The Bertz CT molecular complexity index is 451. The smallest absolute Gasteiger partial charge is 0.0922 e. The van der Waals surface area contributed by atoms with Crippen molar-refractivity contribution in [1.82, 2.24) is 15.3 Å². The summed E-state index contributed by atoms with van der Waals surface area (Å²) in [5.74, 6) is 0. The highest BCUT2D eigenvalue weighted by Crippen LogP contribution is 2.18. The van der Waals surface area contributed by atoms with Crippen LogP contribution >= 0.6 is 15.9 Å². The van der Waals surface area contributed by atoms with Crippen molar-refractivity contribution in [2.45, 2.75) is 20.0 Å². The molecule has 0 bridgehead atoms. The molecule has 0 aliphatic carbocycles. The molecule has 0 spiro atoms. The van der Waals surface area contributed by atoms with Gasteiger partial charge in [0.2, 0.25) is 0 Å². The number of imidazole rings is 1. The fourth-order valence-corrected chi connectivity index (χ4v) is 2.14. The Kier molecular flexibility index (Phi) is 3.74. The number of rotatable bonds is 4. The number of H-pyrrole nitrogens is 1. The largest absolute Gasteiger partial charge is 0.347 e. The molecule has 0 saturated carbocycles. The lowest BCUT2D eigenvalue weighted by Crippen LogP contribution is -2.13. The van der Waals surface area contributed by atoms with Crippen LogP contribution in [0.3, 0.4) is 0 Å². The fraction of sp³-hybridized carbons (Fsp3) is 0.250. The molecule has 0 fully saturated rings. The highest BCUT2D eigenvalue weighted by molar-refractivity contribution is 9.10. The molecule has 0 amide bonds. The first-order valence-electron chi connectivity index (χ1n) is 5.18. The molecule has 1 aromatic heterocycles. The van der Waals surface area contributed by atoms with Crippen molar-refractivity contribution in [2.24, 2.45) is 0 Å². The minimum atomic E-state index is 0.806. The lowest BCUT2D eigenvalue weighted by molar-refractivity contribution is 0.680. The Morgan fingerprint density at radius 3 is 2.94 bits per heavy atom. The number of aromatic nitrogens is 2. The van der Waals surface area contributed by atoms with E-state index in [1.807, 2.05) is 6.20 Å². The number of aryl methyl sites for hydroxylation is 1. The van der Waals surface area contributed by atoms with Gasteiger partial charge in [0, 0.05) is 29.5 Å². The summed E-state index contributed by atoms with van der Waals surface area (Å²) in [7, 11) is 0. The van der Waals surface area contributed by atoms with E-state index in [4.69, 9.17) is 0 Å². The molecule has 1 heterocycles. The number of benzene rings is 1. The third-order valence-electron chi connectivity index (χ3n) is 2.39. The summed E-state index contributed by atoms with van der Waals surface area (Å²) in [6.07, 6.45) is 3.52. The molecule has 4 heteroatoms. The molecule has 0 radical (unpaired) electrons. The Hall–Kier alpha value is -1.13. The molecule has 2 rings (SSSR count). The van der Waals surface area contributed by atoms with Crippen molar-refractivity contribution in [3.63, 3.8) is 0 Å². The summed E-state index contributed by atoms with van der Waals surface area (Å²) in [5, 5.41) is 3.36. The van der Waals surface area contributed by atoms with Gasteiger partial charge in [0.1, 0.15) is 0 Å². The van der Waals surface area contributed by atoms with Gasteiger partial charge >= 0.3 is 0 Å². The molecule has 16 heavy (non-hydrogen) atoms. The lowest BCUT2D eigenvalue weighted by Gasteiger charge is -2.06. The highest BCUT2D eigenvalue weighted by atomic mass is 79.9. The van der Waals surface area contributed by atoms with Crippen LogP contribution < -0.4 is 5.32 Å². The average Bonchev–Trinajstić information content (AvgIpc) is 2.74. The van der Waals surface area contributed by atoms with Gasteiger partial charge in [-0.1, -0.05) is 28.1 Å². The van der Waals surface area contributed by atoms with E-state index < -0.39 is 0 Å². The molecule has 1 aromatic carbocycles. The van der Waals surface area contributed by atoms with E-state index in [-0.39, 0.29) is 0 Å². The lowest BCUT2D eigenvalue weighted by atomic mass is 10.1. The van der Waals surface area contributed by atoms with Crippen LogP contribution in [0.2, 0.25) is 0 Å². The zero-order valence-electron chi connectivity index (χ0n) is 9.13. The summed E-state index contributed by atoms with van der Waals surface area (Å²) in [5.41, 5.74) is 3.64. The summed E-state index contributed by atoms with van der Waals surface area (Å²) in [6.45, 7) is 3.74. The Morgan fingerprint density at radius 1 is 1.38 bits per heavy atom. The van der Waals surface area contributed by atoms with E-state index in [0.717, 1.165) is 23.3 Å². The maximum Gasteiger partial charge on any atom is 0.0922 e. The second-order valence-corrected chi connectivity index (χ2v) is 4.63. The monoisotopic (exact) mass is 279 g/mol. The maximum absolute atomic E-state index is 3.97. The van der Waals surface area contributed by atoms with E-state index in [1.165, 1.54) is 11.1 Å². The van der Waals surface area contributed by atoms with Gasteiger partial charge in [0.25, 0.3) is 0 Å². The first kappa shape index (κ1) is 11.4. The predicted octanol–water partition coefficient (Wildman–Crippen LogP) is 2.77. The van der Waals surface area contributed by atoms with Crippen molar-refractivity contribution >= 4 is 15.9 Å². The molecule has 0 saturated heterocycles. The number of aromatic amines is 1. The second kappa shape index (κ2) is 5.27. The van der Waals surface area contributed by atoms with Gasteiger partial charge in [0.05, 0.1) is 6.33 Å². The molecule has 2 N–H and O–H groups in total. The zero-order valence-corrected chi connectivity index (χ0v) is 10.7. The van der Waals surface area contributed by atoms with Gasteiger partial charge in [-0.2, -0.15) is 0 Å². The number of hydrogen-bond acceptors (Lipinski definition) is 2. The van der Waals surface area contributed by atoms with E-state index in [1.54, 1.807) is 6.33 Å². The number of halogens is 1.